The molecule has 4 nitrogen and oxygen atoms in total. The molecule has 0 amide bonds. The Morgan fingerprint density at radius 3 is 2.78 bits per heavy atom. The number of aliphatic hydroxyl groups is 1. The van der Waals surface area contributed by atoms with Crippen LogP contribution in [-0.2, 0) is 5.75 Å². The molecule has 0 aliphatic heterocycles. The maximum Gasteiger partial charge on any atom is 0.145 e. The van der Waals surface area contributed by atoms with Gasteiger partial charge in [-0.05, 0) is 5.56 Å². The monoisotopic (exact) mass is 261 g/mol. The number of benzene rings is 1. The molecule has 2 N–H and O–H groups in total. The molecule has 2 aromatic rings. The van der Waals surface area contributed by atoms with Crippen molar-refractivity contribution in [2.75, 3.05) is 18.5 Å². The quantitative estimate of drug-likeness (QED) is 0.780. The third-order valence-electron chi connectivity index (χ3n) is 2.26. The predicted octanol–water partition coefficient (Wildman–Crippen LogP) is 2.17. The highest BCUT2D eigenvalue weighted by molar-refractivity contribution is 7.98. The van der Waals surface area contributed by atoms with Gasteiger partial charge < -0.3 is 10.4 Å². The van der Waals surface area contributed by atoms with Crippen molar-refractivity contribution in [2.24, 2.45) is 0 Å². The molecule has 94 valence electrons. The molecule has 0 bridgehead atoms. The van der Waals surface area contributed by atoms with E-state index in [1.807, 2.05) is 18.2 Å². The number of nitrogens with zero attached hydrogens (tertiary/aromatic N) is 2. The van der Waals surface area contributed by atoms with Gasteiger partial charge in [-0.2, -0.15) is 0 Å². The predicted molar refractivity (Wildman–Crippen MR) is 73.6 cm³/mol. The van der Waals surface area contributed by atoms with Crippen molar-refractivity contribution >= 4 is 17.6 Å². The smallest absolute Gasteiger partial charge is 0.145 e. The van der Waals surface area contributed by atoms with Gasteiger partial charge in [-0.1, -0.05) is 30.3 Å². The van der Waals surface area contributed by atoms with E-state index in [1.165, 1.54) is 5.56 Å². The topological polar surface area (TPSA) is 58.0 Å². The zero-order valence-electron chi connectivity index (χ0n) is 9.91. The fraction of sp³-hybridized carbons (Fsp3) is 0.231. The van der Waals surface area contributed by atoms with Gasteiger partial charge in [-0.15, -0.1) is 11.8 Å². The van der Waals surface area contributed by atoms with Crippen molar-refractivity contribution in [2.45, 2.75) is 10.8 Å². The summed E-state index contributed by atoms with van der Waals surface area (Å²) in [7, 11) is 0. The van der Waals surface area contributed by atoms with E-state index < -0.39 is 0 Å². The summed E-state index contributed by atoms with van der Waals surface area (Å²) in [4.78, 5) is 8.53. The van der Waals surface area contributed by atoms with Crippen LogP contribution in [0.1, 0.15) is 5.56 Å². The second kappa shape index (κ2) is 6.98. The van der Waals surface area contributed by atoms with E-state index in [2.05, 4.69) is 27.4 Å². The average Bonchev–Trinajstić information content (AvgIpc) is 2.44. The molecular weight excluding hydrogens is 246 g/mol. The highest BCUT2D eigenvalue weighted by atomic mass is 32.2. The highest BCUT2D eigenvalue weighted by Crippen LogP contribution is 2.20. The summed E-state index contributed by atoms with van der Waals surface area (Å²) in [6, 6.07) is 10.2. The van der Waals surface area contributed by atoms with Crippen LogP contribution in [0.25, 0.3) is 0 Å². The molecule has 1 aromatic heterocycles. The molecular formula is C13H15N3OS. The molecule has 0 aliphatic carbocycles. The van der Waals surface area contributed by atoms with Crippen LogP contribution >= 0.6 is 11.8 Å². The van der Waals surface area contributed by atoms with Gasteiger partial charge in [-0.3, -0.25) is 4.98 Å². The third kappa shape index (κ3) is 4.01. The second-order valence-electron chi connectivity index (χ2n) is 3.67. The maximum absolute atomic E-state index is 8.73. The molecule has 0 atom stereocenters. The Morgan fingerprint density at radius 1 is 1.17 bits per heavy atom. The molecule has 0 fully saturated rings. The minimum atomic E-state index is 0.0864. The number of hydrogen-bond acceptors (Lipinski definition) is 5. The number of thioether (sulfide) groups is 1. The minimum absolute atomic E-state index is 0.0864. The van der Waals surface area contributed by atoms with Crippen LogP contribution in [0.3, 0.4) is 0 Å². The van der Waals surface area contributed by atoms with Gasteiger partial charge in [0.05, 0.1) is 19.0 Å². The number of nitrogens with one attached hydrogen (secondary N) is 1. The Balaban J connectivity index is 1.93. The van der Waals surface area contributed by atoms with Crippen molar-refractivity contribution in [1.29, 1.82) is 0 Å². The van der Waals surface area contributed by atoms with E-state index >= 15 is 0 Å². The van der Waals surface area contributed by atoms with Crippen LogP contribution in [-0.4, -0.2) is 28.2 Å². The van der Waals surface area contributed by atoms with Crippen LogP contribution in [0, 0.1) is 0 Å². The number of rotatable bonds is 6. The summed E-state index contributed by atoms with van der Waals surface area (Å²) in [5.41, 5.74) is 1.26. The SMILES string of the molecule is OCCNc1cncc(SCc2ccccc2)n1. The first-order chi connectivity index (χ1) is 8.88. The minimum Gasteiger partial charge on any atom is -0.395 e. The number of aromatic nitrogens is 2. The van der Waals surface area contributed by atoms with E-state index in [1.54, 1.807) is 24.2 Å². The van der Waals surface area contributed by atoms with E-state index in [-0.39, 0.29) is 6.61 Å². The molecule has 0 unspecified atom stereocenters. The summed E-state index contributed by atoms with van der Waals surface area (Å²) in [5.74, 6) is 1.57. The first-order valence-electron chi connectivity index (χ1n) is 5.72. The van der Waals surface area contributed by atoms with E-state index in [0.717, 1.165) is 10.8 Å². The van der Waals surface area contributed by atoms with Crippen LogP contribution in [0.2, 0.25) is 0 Å². The van der Waals surface area contributed by atoms with Crippen LogP contribution in [0.15, 0.2) is 47.8 Å². The lowest BCUT2D eigenvalue weighted by molar-refractivity contribution is 0.311. The van der Waals surface area contributed by atoms with Crippen LogP contribution in [0.4, 0.5) is 5.82 Å². The molecule has 0 saturated heterocycles. The summed E-state index contributed by atoms with van der Waals surface area (Å²) in [6.45, 7) is 0.574. The lowest BCUT2D eigenvalue weighted by Crippen LogP contribution is -2.07. The van der Waals surface area contributed by atoms with Gasteiger partial charge in [0.15, 0.2) is 0 Å². The Hall–Kier alpha value is -1.59. The van der Waals surface area contributed by atoms with Gasteiger partial charge in [0.25, 0.3) is 0 Å². The summed E-state index contributed by atoms with van der Waals surface area (Å²) in [6.07, 6.45) is 3.40. The van der Waals surface area contributed by atoms with Crippen molar-refractivity contribution in [3.05, 3.63) is 48.3 Å². The first-order valence-corrected chi connectivity index (χ1v) is 6.70. The zero-order chi connectivity index (χ0) is 12.6. The van der Waals surface area contributed by atoms with E-state index in [9.17, 15) is 0 Å². The van der Waals surface area contributed by atoms with E-state index in [0.29, 0.717) is 12.4 Å². The second-order valence-corrected chi connectivity index (χ2v) is 4.66. The lowest BCUT2D eigenvalue weighted by atomic mass is 10.2. The fourth-order valence-corrected chi connectivity index (χ4v) is 2.22. The molecule has 0 saturated carbocycles. The molecule has 0 aliphatic rings. The van der Waals surface area contributed by atoms with Crippen molar-refractivity contribution in [3.63, 3.8) is 0 Å². The number of hydrogen-bond donors (Lipinski definition) is 2. The molecule has 0 radical (unpaired) electrons. The lowest BCUT2D eigenvalue weighted by Gasteiger charge is -2.05. The van der Waals surface area contributed by atoms with Crippen molar-refractivity contribution in [1.82, 2.24) is 9.97 Å². The van der Waals surface area contributed by atoms with Crippen molar-refractivity contribution < 1.29 is 5.11 Å². The number of anilines is 1. The molecule has 2 rings (SSSR count). The van der Waals surface area contributed by atoms with Gasteiger partial charge in [0.2, 0.25) is 0 Å². The number of aliphatic hydroxyl groups excluding tert-OH is 1. The van der Waals surface area contributed by atoms with Gasteiger partial charge in [-0.25, -0.2) is 4.98 Å². The molecule has 0 spiro atoms. The first kappa shape index (κ1) is 12.9. The average molecular weight is 261 g/mol. The zero-order valence-corrected chi connectivity index (χ0v) is 10.7. The Bertz CT molecular complexity index is 479. The summed E-state index contributed by atoms with van der Waals surface area (Å²) >= 11 is 1.65. The molecule has 1 heterocycles. The largest absolute Gasteiger partial charge is 0.395 e. The van der Waals surface area contributed by atoms with Crippen LogP contribution in [0.5, 0.6) is 0 Å². The standard InChI is InChI=1S/C13H15N3OS/c17-7-6-15-12-8-14-9-13(16-12)18-10-11-4-2-1-3-5-11/h1-5,8-9,17H,6-7,10H2,(H,15,16). The third-order valence-corrected chi connectivity index (χ3v) is 3.23. The maximum atomic E-state index is 8.73. The fourth-order valence-electron chi connectivity index (χ4n) is 1.42. The Morgan fingerprint density at radius 2 is 2.00 bits per heavy atom. The van der Waals surface area contributed by atoms with E-state index in [4.69, 9.17) is 5.11 Å². The molecule has 18 heavy (non-hydrogen) atoms. The van der Waals surface area contributed by atoms with Gasteiger partial charge >= 0.3 is 0 Å². The van der Waals surface area contributed by atoms with Gasteiger partial charge in [0, 0.05) is 12.3 Å². The Labute approximate surface area is 110 Å². The van der Waals surface area contributed by atoms with Crippen molar-refractivity contribution in [3.8, 4) is 0 Å². The molecule has 1 aromatic carbocycles. The van der Waals surface area contributed by atoms with Crippen LogP contribution < -0.4 is 5.32 Å². The normalized spacial score (nSPS) is 10.3. The Kier molecular flexibility index (Phi) is 4.99. The van der Waals surface area contributed by atoms with Gasteiger partial charge in [0.1, 0.15) is 10.8 Å². The highest BCUT2D eigenvalue weighted by Gasteiger charge is 2.00. The summed E-state index contributed by atoms with van der Waals surface area (Å²) in [5, 5.41) is 12.6. The summed E-state index contributed by atoms with van der Waals surface area (Å²) < 4.78 is 0. The molecule has 5 heteroatoms.